The minimum absolute atomic E-state index is 0.0188. The zero-order valence-electron chi connectivity index (χ0n) is 14.7. The summed E-state index contributed by atoms with van der Waals surface area (Å²) in [5.41, 5.74) is 2.20. The molecule has 1 amide bonds. The molecule has 3 rings (SSSR count). The van der Waals surface area contributed by atoms with Crippen molar-refractivity contribution in [3.8, 4) is 5.88 Å². The summed E-state index contributed by atoms with van der Waals surface area (Å²) in [6, 6.07) is 14.1. The van der Waals surface area contributed by atoms with Crippen LogP contribution in [0.4, 0.5) is 0 Å². The highest BCUT2D eigenvalue weighted by molar-refractivity contribution is 5.76. The van der Waals surface area contributed by atoms with E-state index in [1.54, 1.807) is 0 Å². The lowest BCUT2D eigenvalue weighted by atomic mass is 10.1. The molecule has 25 heavy (non-hydrogen) atoms. The van der Waals surface area contributed by atoms with E-state index in [0.29, 0.717) is 18.8 Å². The van der Waals surface area contributed by atoms with E-state index >= 15 is 0 Å². The molecule has 2 aromatic rings. The Morgan fingerprint density at radius 1 is 1.16 bits per heavy atom. The van der Waals surface area contributed by atoms with Gasteiger partial charge in [0, 0.05) is 25.5 Å². The van der Waals surface area contributed by atoms with Crippen LogP contribution < -0.4 is 4.74 Å². The Morgan fingerprint density at radius 2 is 2.00 bits per heavy atom. The van der Waals surface area contributed by atoms with E-state index in [0.717, 1.165) is 37.9 Å². The first-order valence-corrected chi connectivity index (χ1v) is 8.99. The van der Waals surface area contributed by atoms with Crippen molar-refractivity contribution in [3.63, 3.8) is 0 Å². The largest absolute Gasteiger partial charge is 0.471 e. The summed E-state index contributed by atoms with van der Waals surface area (Å²) < 4.78 is 5.83. The quantitative estimate of drug-likeness (QED) is 0.727. The molecule has 5 nitrogen and oxygen atoms in total. The monoisotopic (exact) mass is 339 g/mol. The molecule has 0 bridgehead atoms. The maximum absolute atomic E-state index is 12.3. The molecule has 0 radical (unpaired) electrons. The number of benzene rings is 1. The van der Waals surface area contributed by atoms with Crippen molar-refractivity contribution in [3.05, 3.63) is 53.7 Å². The zero-order valence-corrected chi connectivity index (χ0v) is 14.7. The second kappa shape index (κ2) is 8.60. The number of aryl methyl sites for hydroxylation is 2. The average Bonchev–Trinajstić information content (AvgIpc) is 3.10. The Kier molecular flexibility index (Phi) is 5.99. The van der Waals surface area contributed by atoms with Gasteiger partial charge in [-0.05, 0) is 37.8 Å². The summed E-state index contributed by atoms with van der Waals surface area (Å²) in [6.45, 7) is 3.30. The Hall–Kier alpha value is -2.43. The fourth-order valence-corrected chi connectivity index (χ4v) is 3.08. The van der Waals surface area contributed by atoms with Gasteiger partial charge in [-0.15, -0.1) is 5.10 Å². The Balaban J connectivity index is 1.36. The predicted octanol–water partition coefficient (Wildman–Crippen LogP) is 3.18. The smallest absolute Gasteiger partial charge is 0.233 e. The Bertz CT molecular complexity index is 673. The molecular formula is C20H25N3O2. The highest BCUT2D eigenvalue weighted by atomic mass is 16.5. The maximum atomic E-state index is 12.3. The highest BCUT2D eigenvalue weighted by Crippen LogP contribution is 2.17. The lowest BCUT2D eigenvalue weighted by molar-refractivity contribution is -0.130. The van der Waals surface area contributed by atoms with Crippen molar-refractivity contribution in [1.82, 2.24) is 15.1 Å². The van der Waals surface area contributed by atoms with Gasteiger partial charge in [-0.1, -0.05) is 30.3 Å². The van der Waals surface area contributed by atoms with Gasteiger partial charge in [0.1, 0.15) is 6.10 Å². The number of ether oxygens (including phenoxy) is 1. The summed E-state index contributed by atoms with van der Waals surface area (Å²) in [5.74, 6) is 0.766. The fourth-order valence-electron chi connectivity index (χ4n) is 3.08. The number of amides is 1. The summed E-state index contributed by atoms with van der Waals surface area (Å²) in [7, 11) is 0. The molecule has 1 unspecified atom stereocenters. The minimum Gasteiger partial charge on any atom is -0.471 e. The molecule has 1 fully saturated rings. The van der Waals surface area contributed by atoms with Crippen LogP contribution in [-0.2, 0) is 11.2 Å². The average molecular weight is 339 g/mol. The number of aromatic nitrogens is 2. The molecule has 1 aromatic heterocycles. The van der Waals surface area contributed by atoms with E-state index in [4.69, 9.17) is 4.74 Å². The molecule has 1 saturated heterocycles. The molecule has 132 valence electrons. The van der Waals surface area contributed by atoms with Crippen LogP contribution in [0, 0.1) is 6.92 Å². The third-order valence-corrected chi connectivity index (χ3v) is 4.51. The molecule has 2 heterocycles. The minimum atomic E-state index is 0.0188. The number of carbonyl (C=O) groups is 1. The first-order chi connectivity index (χ1) is 12.2. The van der Waals surface area contributed by atoms with Crippen molar-refractivity contribution in [2.75, 3.05) is 13.1 Å². The van der Waals surface area contributed by atoms with E-state index < -0.39 is 0 Å². The van der Waals surface area contributed by atoms with Crippen molar-refractivity contribution in [1.29, 1.82) is 0 Å². The second-order valence-corrected chi connectivity index (χ2v) is 6.57. The van der Waals surface area contributed by atoms with E-state index in [9.17, 15) is 4.79 Å². The van der Waals surface area contributed by atoms with Crippen LogP contribution in [-0.4, -0.2) is 40.2 Å². The first-order valence-electron chi connectivity index (χ1n) is 8.99. The van der Waals surface area contributed by atoms with Crippen LogP contribution in [0.1, 0.15) is 36.9 Å². The number of hydrogen-bond donors (Lipinski definition) is 0. The topological polar surface area (TPSA) is 55.3 Å². The van der Waals surface area contributed by atoms with Gasteiger partial charge in [0.2, 0.25) is 11.8 Å². The number of nitrogens with zero attached hydrogens (tertiary/aromatic N) is 3. The van der Waals surface area contributed by atoms with E-state index in [2.05, 4.69) is 34.5 Å². The molecule has 1 aromatic carbocycles. The molecule has 0 aliphatic carbocycles. The SMILES string of the molecule is Cc1ccc(OC2CCN(C(=O)CCCCc3ccccc3)C2)nn1. The fraction of sp³-hybridized carbons (Fsp3) is 0.450. The van der Waals surface area contributed by atoms with E-state index in [1.165, 1.54) is 5.56 Å². The molecule has 0 N–H and O–H groups in total. The van der Waals surface area contributed by atoms with Gasteiger partial charge < -0.3 is 9.64 Å². The van der Waals surface area contributed by atoms with Crippen molar-refractivity contribution < 1.29 is 9.53 Å². The summed E-state index contributed by atoms with van der Waals surface area (Å²) in [5, 5.41) is 8.02. The van der Waals surface area contributed by atoms with Gasteiger partial charge in [-0.2, -0.15) is 5.10 Å². The van der Waals surface area contributed by atoms with E-state index in [1.807, 2.05) is 30.0 Å². The molecule has 0 spiro atoms. The highest BCUT2D eigenvalue weighted by Gasteiger charge is 2.27. The number of likely N-dealkylation sites (tertiary alicyclic amines) is 1. The predicted molar refractivity (Wildman–Crippen MR) is 96.4 cm³/mol. The van der Waals surface area contributed by atoms with Gasteiger partial charge >= 0.3 is 0 Å². The van der Waals surface area contributed by atoms with Crippen LogP contribution in [0.5, 0.6) is 5.88 Å². The summed E-state index contributed by atoms with van der Waals surface area (Å²) >= 11 is 0. The van der Waals surface area contributed by atoms with Gasteiger partial charge in [-0.3, -0.25) is 4.79 Å². The summed E-state index contributed by atoms with van der Waals surface area (Å²) in [4.78, 5) is 14.3. The number of hydrogen-bond acceptors (Lipinski definition) is 4. The first kappa shape index (κ1) is 17.4. The molecular weight excluding hydrogens is 314 g/mol. The number of carbonyl (C=O) groups excluding carboxylic acids is 1. The van der Waals surface area contributed by atoms with Crippen LogP contribution >= 0.6 is 0 Å². The van der Waals surface area contributed by atoms with Crippen LogP contribution in [0.25, 0.3) is 0 Å². The van der Waals surface area contributed by atoms with Crippen molar-refractivity contribution in [2.45, 2.75) is 45.1 Å². The van der Waals surface area contributed by atoms with Crippen molar-refractivity contribution >= 4 is 5.91 Å². The molecule has 5 heteroatoms. The normalized spacial score (nSPS) is 16.8. The lowest BCUT2D eigenvalue weighted by Crippen LogP contribution is -2.30. The van der Waals surface area contributed by atoms with Gasteiger partial charge in [0.15, 0.2) is 0 Å². The Morgan fingerprint density at radius 3 is 2.76 bits per heavy atom. The van der Waals surface area contributed by atoms with Crippen LogP contribution in [0.3, 0.4) is 0 Å². The third kappa shape index (κ3) is 5.28. The number of rotatable bonds is 7. The standard InChI is InChI=1S/C20H25N3O2/c1-16-11-12-19(22-21-16)25-18-13-14-23(15-18)20(24)10-6-5-9-17-7-3-2-4-8-17/h2-4,7-8,11-12,18H,5-6,9-10,13-15H2,1H3. The maximum Gasteiger partial charge on any atom is 0.233 e. The molecule has 0 saturated carbocycles. The van der Waals surface area contributed by atoms with Crippen molar-refractivity contribution in [2.24, 2.45) is 0 Å². The van der Waals surface area contributed by atoms with Gasteiger partial charge in [-0.25, -0.2) is 0 Å². The Labute approximate surface area is 149 Å². The summed E-state index contributed by atoms with van der Waals surface area (Å²) in [6.07, 6.45) is 4.49. The zero-order chi connectivity index (χ0) is 17.5. The van der Waals surface area contributed by atoms with Gasteiger partial charge in [0.25, 0.3) is 0 Å². The van der Waals surface area contributed by atoms with Crippen LogP contribution in [0.2, 0.25) is 0 Å². The lowest BCUT2D eigenvalue weighted by Gasteiger charge is -2.17. The van der Waals surface area contributed by atoms with Gasteiger partial charge in [0.05, 0.1) is 12.2 Å². The molecule has 1 aliphatic rings. The molecule has 1 aliphatic heterocycles. The number of unbranched alkanes of at least 4 members (excludes halogenated alkanes) is 1. The molecule has 1 atom stereocenters. The second-order valence-electron chi connectivity index (χ2n) is 6.57. The van der Waals surface area contributed by atoms with E-state index in [-0.39, 0.29) is 12.0 Å². The van der Waals surface area contributed by atoms with Crippen LogP contribution in [0.15, 0.2) is 42.5 Å². The third-order valence-electron chi connectivity index (χ3n) is 4.51.